The molecule has 0 aliphatic heterocycles. The number of carbonyl (C=O) groups is 2. The highest BCUT2D eigenvalue weighted by Crippen LogP contribution is 2.23. The van der Waals surface area contributed by atoms with Gasteiger partial charge in [-0.15, -0.1) is 0 Å². The maximum atomic E-state index is 12.3. The normalized spacial score (nSPS) is 10.0. The second kappa shape index (κ2) is 5.79. The van der Waals surface area contributed by atoms with Crippen molar-refractivity contribution >= 4 is 23.3 Å². The highest BCUT2D eigenvalue weighted by Gasteiger charge is 2.23. The van der Waals surface area contributed by atoms with Crippen LogP contribution in [-0.4, -0.2) is 33.5 Å². The van der Waals surface area contributed by atoms with Crippen molar-refractivity contribution in [2.45, 2.75) is 0 Å². The van der Waals surface area contributed by atoms with Crippen LogP contribution in [0.2, 0.25) is 0 Å². The Morgan fingerprint density at radius 3 is 2.60 bits per heavy atom. The molecule has 0 saturated heterocycles. The second-order valence-corrected chi connectivity index (χ2v) is 3.93. The van der Waals surface area contributed by atoms with E-state index in [4.69, 9.17) is 10.8 Å². The minimum Gasteiger partial charge on any atom is -0.480 e. The molecule has 0 atom stereocenters. The number of amides is 1. The molecular weight excluding hydrogens is 260 g/mol. The van der Waals surface area contributed by atoms with E-state index in [1.165, 1.54) is 18.6 Å². The molecule has 1 amide bonds. The number of aliphatic carboxylic acids is 1. The Hall–Kier alpha value is -2.96. The van der Waals surface area contributed by atoms with Crippen LogP contribution in [0.5, 0.6) is 0 Å². The number of para-hydroxylation sites is 2. The van der Waals surface area contributed by atoms with Crippen molar-refractivity contribution < 1.29 is 14.7 Å². The van der Waals surface area contributed by atoms with Crippen LogP contribution in [0.4, 0.5) is 11.4 Å². The molecule has 1 aromatic heterocycles. The molecule has 0 saturated carbocycles. The van der Waals surface area contributed by atoms with E-state index < -0.39 is 18.4 Å². The van der Waals surface area contributed by atoms with Crippen LogP contribution in [0, 0.1) is 0 Å². The summed E-state index contributed by atoms with van der Waals surface area (Å²) in [6.45, 7) is -0.510. The van der Waals surface area contributed by atoms with E-state index in [1.54, 1.807) is 24.3 Å². The molecule has 0 aliphatic carbocycles. The molecule has 20 heavy (non-hydrogen) atoms. The van der Waals surface area contributed by atoms with Gasteiger partial charge in [0.2, 0.25) is 0 Å². The Labute approximate surface area is 114 Å². The van der Waals surface area contributed by atoms with Crippen LogP contribution in [-0.2, 0) is 4.79 Å². The van der Waals surface area contributed by atoms with E-state index in [2.05, 4.69) is 9.97 Å². The zero-order chi connectivity index (χ0) is 14.5. The summed E-state index contributed by atoms with van der Waals surface area (Å²) in [7, 11) is 0. The number of carboxylic acid groups (broad SMARTS) is 1. The van der Waals surface area contributed by atoms with Crippen LogP contribution >= 0.6 is 0 Å². The highest BCUT2D eigenvalue weighted by atomic mass is 16.4. The molecule has 2 rings (SSSR count). The maximum Gasteiger partial charge on any atom is 0.323 e. The smallest absolute Gasteiger partial charge is 0.323 e. The lowest BCUT2D eigenvalue weighted by molar-refractivity contribution is -0.135. The molecule has 3 N–H and O–H groups in total. The molecule has 7 nitrogen and oxygen atoms in total. The van der Waals surface area contributed by atoms with Gasteiger partial charge >= 0.3 is 5.97 Å². The monoisotopic (exact) mass is 272 g/mol. The van der Waals surface area contributed by atoms with Gasteiger partial charge in [-0.1, -0.05) is 12.1 Å². The van der Waals surface area contributed by atoms with Crippen LogP contribution < -0.4 is 10.6 Å². The fraction of sp³-hybridized carbons (Fsp3) is 0.0769. The molecule has 7 heteroatoms. The summed E-state index contributed by atoms with van der Waals surface area (Å²) in [5.74, 6) is -1.72. The topological polar surface area (TPSA) is 109 Å². The van der Waals surface area contributed by atoms with Gasteiger partial charge in [-0.25, -0.2) is 4.98 Å². The predicted molar refractivity (Wildman–Crippen MR) is 72.2 cm³/mol. The molecule has 102 valence electrons. The molecule has 0 aliphatic rings. The van der Waals surface area contributed by atoms with E-state index in [0.29, 0.717) is 11.4 Å². The number of hydrogen-bond acceptors (Lipinski definition) is 5. The summed E-state index contributed by atoms with van der Waals surface area (Å²) in [5.41, 5.74) is 6.48. The van der Waals surface area contributed by atoms with Crippen molar-refractivity contribution in [2.24, 2.45) is 0 Å². The second-order valence-electron chi connectivity index (χ2n) is 3.93. The van der Waals surface area contributed by atoms with Crippen molar-refractivity contribution in [1.29, 1.82) is 0 Å². The summed E-state index contributed by atoms with van der Waals surface area (Å²) in [6, 6.07) is 6.54. The first-order chi connectivity index (χ1) is 9.59. The predicted octanol–water partition coefficient (Wildman–Crippen LogP) is 0.790. The summed E-state index contributed by atoms with van der Waals surface area (Å²) in [6.07, 6.45) is 4.06. The first-order valence-corrected chi connectivity index (χ1v) is 5.74. The minimum absolute atomic E-state index is 0.0528. The number of carbonyl (C=O) groups excluding carboxylic acids is 1. The Kier molecular flexibility index (Phi) is 3.90. The van der Waals surface area contributed by atoms with Gasteiger partial charge in [0.15, 0.2) is 0 Å². The van der Waals surface area contributed by atoms with E-state index in [1.807, 2.05) is 0 Å². The van der Waals surface area contributed by atoms with E-state index in [-0.39, 0.29) is 5.69 Å². The number of benzene rings is 1. The summed E-state index contributed by atoms with van der Waals surface area (Å²) in [4.78, 5) is 32.0. The number of carboxylic acids is 1. The van der Waals surface area contributed by atoms with Crippen molar-refractivity contribution in [3.63, 3.8) is 0 Å². The number of anilines is 2. The van der Waals surface area contributed by atoms with Gasteiger partial charge in [0.05, 0.1) is 17.6 Å². The third-order valence-corrected chi connectivity index (χ3v) is 2.55. The third-order valence-electron chi connectivity index (χ3n) is 2.55. The van der Waals surface area contributed by atoms with Gasteiger partial charge in [-0.05, 0) is 12.1 Å². The van der Waals surface area contributed by atoms with Crippen molar-refractivity contribution in [3.8, 4) is 0 Å². The summed E-state index contributed by atoms with van der Waals surface area (Å²) < 4.78 is 0. The molecule has 0 unspecified atom stereocenters. The van der Waals surface area contributed by atoms with Crippen molar-refractivity contribution in [1.82, 2.24) is 9.97 Å². The molecule has 0 radical (unpaired) electrons. The fourth-order valence-corrected chi connectivity index (χ4v) is 1.68. The van der Waals surface area contributed by atoms with Gasteiger partial charge in [-0.3, -0.25) is 19.5 Å². The molecule has 1 aromatic carbocycles. The standard InChI is InChI=1S/C13H12N4O3/c14-9-3-1-2-4-11(9)17(8-12(18)19)13(20)10-7-15-5-6-16-10/h1-7H,8,14H2,(H,18,19). The largest absolute Gasteiger partial charge is 0.480 e. The molecular formula is C13H12N4O3. The van der Waals surface area contributed by atoms with Crippen molar-refractivity contribution in [3.05, 3.63) is 48.5 Å². The van der Waals surface area contributed by atoms with Gasteiger partial charge in [0, 0.05) is 12.4 Å². The summed E-state index contributed by atoms with van der Waals surface area (Å²) >= 11 is 0. The van der Waals surface area contributed by atoms with E-state index in [0.717, 1.165) is 4.90 Å². The van der Waals surface area contributed by atoms with Crippen LogP contribution in [0.1, 0.15) is 10.5 Å². The average Bonchev–Trinajstić information content (AvgIpc) is 2.46. The SMILES string of the molecule is Nc1ccccc1N(CC(=O)O)C(=O)c1cnccn1. The Balaban J connectivity index is 2.41. The number of nitrogens with two attached hydrogens (primary N) is 1. The first-order valence-electron chi connectivity index (χ1n) is 5.74. The van der Waals surface area contributed by atoms with Gasteiger partial charge < -0.3 is 10.8 Å². The average molecular weight is 272 g/mol. The fourth-order valence-electron chi connectivity index (χ4n) is 1.68. The molecule has 0 bridgehead atoms. The number of aromatic nitrogens is 2. The number of nitrogen functional groups attached to an aromatic ring is 1. The summed E-state index contributed by atoms with van der Waals surface area (Å²) in [5, 5.41) is 8.96. The Bertz CT molecular complexity index is 631. The zero-order valence-electron chi connectivity index (χ0n) is 10.4. The van der Waals surface area contributed by atoms with Crippen molar-refractivity contribution in [2.75, 3.05) is 17.2 Å². The lowest BCUT2D eigenvalue weighted by atomic mass is 10.2. The van der Waals surface area contributed by atoms with Gasteiger partial charge in [-0.2, -0.15) is 0 Å². The third kappa shape index (κ3) is 2.89. The van der Waals surface area contributed by atoms with Crippen LogP contribution in [0.3, 0.4) is 0 Å². The van der Waals surface area contributed by atoms with Gasteiger partial charge in [0.25, 0.3) is 5.91 Å². The molecule has 0 spiro atoms. The first kappa shape index (κ1) is 13.5. The molecule has 2 aromatic rings. The molecule has 0 fully saturated rings. The molecule has 1 heterocycles. The van der Waals surface area contributed by atoms with E-state index in [9.17, 15) is 9.59 Å². The quantitative estimate of drug-likeness (QED) is 0.796. The van der Waals surface area contributed by atoms with E-state index >= 15 is 0 Å². The van der Waals surface area contributed by atoms with Crippen LogP contribution in [0.25, 0.3) is 0 Å². The van der Waals surface area contributed by atoms with Gasteiger partial charge in [0.1, 0.15) is 12.2 Å². The Morgan fingerprint density at radius 2 is 2.00 bits per heavy atom. The lowest BCUT2D eigenvalue weighted by Gasteiger charge is -2.21. The zero-order valence-corrected chi connectivity index (χ0v) is 10.4. The highest BCUT2D eigenvalue weighted by molar-refractivity contribution is 6.08. The number of rotatable bonds is 4. The Morgan fingerprint density at radius 1 is 1.25 bits per heavy atom. The maximum absolute atomic E-state index is 12.3. The van der Waals surface area contributed by atoms with Crippen LogP contribution in [0.15, 0.2) is 42.9 Å². The number of hydrogen-bond donors (Lipinski definition) is 2. The number of nitrogens with zero attached hydrogens (tertiary/aromatic N) is 3. The minimum atomic E-state index is -1.15. The lowest BCUT2D eigenvalue weighted by Crippen LogP contribution is -2.36.